The molecule has 216 valence electrons. The Bertz CT molecular complexity index is 1630. The topological polar surface area (TPSA) is 92.6 Å². The molecule has 1 atom stereocenters. The molecule has 1 unspecified atom stereocenters. The smallest absolute Gasteiger partial charge is 0.301 e. The van der Waals surface area contributed by atoms with Crippen molar-refractivity contribution in [1.82, 2.24) is 10.2 Å². The first kappa shape index (κ1) is 29.8. The molecule has 1 fully saturated rings. The van der Waals surface area contributed by atoms with Crippen LogP contribution in [0.1, 0.15) is 56.0 Å². The molecule has 4 aromatic rings. The standard InChI is InChI=1S/C32H30ClN3O4S2/c1-5-40-24-16-10-21(11-17-24)27(37)25-26(20-8-12-22(13-9-20)32(2,3)4)36(29(39)28(25)38)30-34-35-31(42-30)41-18-19-6-14-23(33)15-7-19/h6-17,26,37H,5,18H2,1-4H3/b27-25-. The Kier molecular flexibility index (Phi) is 8.73. The summed E-state index contributed by atoms with van der Waals surface area (Å²) < 4.78 is 6.16. The van der Waals surface area contributed by atoms with Gasteiger partial charge in [0.1, 0.15) is 11.5 Å². The van der Waals surface area contributed by atoms with Gasteiger partial charge in [0.15, 0.2) is 4.34 Å². The second-order valence-electron chi connectivity index (χ2n) is 10.8. The van der Waals surface area contributed by atoms with Crippen LogP contribution in [0.4, 0.5) is 5.13 Å². The Labute approximate surface area is 258 Å². The molecule has 1 N–H and O–H groups in total. The second-order valence-corrected chi connectivity index (χ2v) is 13.4. The number of thioether (sulfide) groups is 1. The number of Topliss-reactive ketones (excluding diaryl/α,β-unsaturated/α-hetero) is 1. The molecule has 7 nitrogen and oxygen atoms in total. The van der Waals surface area contributed by atoms with Gasteiger partial charge in [0.2, 0.25) is 5.13 Å². The molecule has 2 heterocycles. The van der Waals surface area contributed by atoms with Crippen molar-refractivity contribution in [1.29, 1.82) is 0 Å². The highest BCUT2D eigenvalue weighted by atomic mass is 35.5. The SMILES string of the molecule is CCOc1ccc(/C(O)=C2/C(=O)C(=O)N(c3nnc(SCc4ccc(Cl)cc4)s3)C2c2ccc(C(C)(C)C)cc2)cc1. The molecular weight excluding hydrogens is 590 g/mol. The van der Waals surface area contributed by atoms with Gasteiger partial charge in [-0.05, 0) is 65.4 Å². The summed E-state index contributed by atoms with van der Waals surface area (Å²) in [7, 11) is 0. The van der Waals surface area contributed by atoms with Crippen molar-refractivity contribution in [2.45, 2.75) is 49.2 Å². The molecule has 3 aromatic carbocycles. The van der Waals surface area contributed by atoms with E-state index < -0.39 is 17.7 Å². The van der Waals surface area contributed by atoms with Crippen LogP contribution < -0.4 is 9.64 Å². The number of aliphatic hydroxyl groups excluding tert-OH is 1. The van der Waals surface area contributed by atoms with Crippen molar-refractivity contribution in [3.63, 3.8) is 0 Å². The molecule has 0 aliphatic carbocycles. The zero-order valence-corrected chi connectivity index (χ0v) is 26.0. The maximum atomic E-state index is 13.6. The quantitative estimate of drug-likeness (QED) is 0.0707. The molecule has 0 radical (unpaired) electrons. The summed E-state index contributed by atoms with van der Waals surface area (Å²) in [5, 5.41) is 21.0. The van der Waals surface area contributed by atoms with Crippen LogP contribution in [0.3, 0.4) is 0 Å². The Morgan fingerprint density at radius 2 is 1.67 bits per heavy atom. The van der Waals surface area contributed by atoms with Gasteiger partial charge in [-0.2, -0.15) is 0 Å². The first-order valence-corrected chi connectivity index (χ1v) is 15.6. The number of halogens is 1. The highest BCUT2D eigenvalue weighted by molar-refractivity contribution is 8.00. The fraction of sp³-hybridized carbons (Fsp3) is 0.250. The Balaban J connectivity index is 1.54. The maximum Gasteiger partial charge on any atom is 0.301 e. The van der Waals surface area contributed by atoms with Crippen molar-refractivity contribution in [2.24, 2.45) is 0 Å². The molecule has 1 saturated heterocycles. The van der Waals surface area contributed by atoms with E-state index in [1.807, 2.05) is 55.5 Å². The van der Waals surface area contributed by atoms with E-state index >= 15 is 0 Å². The van der Waals surface area contributed by atoms with Crippen LogP contribution in [0.15, 0.2) is 82.7 Å². The van der Waals surface area contributed by atoms with E-state index in [1.165, 1.54) is 28.0 Å². The number of anilines is 1. The Hall–Kier alpha value is -3.66. The van der Waals surface area contributed by atoms with Gasteiger partial charge in [-0.25, -0.2) is 0 Å². The van der Waals surface area contributed by atoms with E-state index in [-0.39, 0.29) is 21.9 Å². The third kappa shape index (κ3) is 6.23. The zero-order valence-electron chi connectivity index (χ0n) is 23.6. The normalized spacial score (nSPS) is 16.7. The average molecular weight is 620 g/mol. The highest BCUT2D eigenvalue weighted by Gasteiger charge is 2.48. The van der Waals surface area contributed by atoms with Gasteiger partial charge in [0.05, 0.1) is 18.2 Å². The van der Waals surface area contributed by atoms with Gasteiger partial charge in [-0.15, -0.1) is 10.2 Å². The summed E-state index contributed by atoms with van der Waals surface area (Å²) in [6.45, 7) is 8.73. The van der Waals surface area contributed by atoms with Crippen molar-refractivity contribution >= 4 is 57.3 Å². The van der Waals surface area contributed by atoms with E-state index in [4.69, 9.17) is 16.3 Å². The molecule has 1 aliphatic rings. The molecule has 0 bridgehead atoms. The van der Waals surface area contributed by atoms with Crippen LogP contribution in [0.25, 0.3) is 5.76 Å². The predicted molar refractivity (Wildman–Crippen MR) is 168 cm³/mol. The van der Waals surface area contributed by atoms with Crippen LogP contribution in [-0.2, 0) is 20.8 Å². The molecule has 0 saturated carbocycles. The molecule has 1 aromatic heterocycles. The van der Waals surface area contributed by atoms with Gasteiger partial charge in [0.25, 0.3) is 5.78 Å². The molecule has 1 aliphatic heterocycles. The molecule has 0 spiro atoms. The Morgan fingerprint density at radius 3 is 2.29 bits per heavy atom. The van der Waals surface area contributed by atoms with Crippen LogP contribution in [0.5, 0.6) is 5.75 Å². The lowest BCUT2D eigenvalue weighted by molar-refractivity contribution is -0.132. The predicted octanol–water partition coefficient (Wildman–Crippen LogP) is 7.81. The van der Waals surface area contributed by atoms with Gasteiger partial charge >= 0.3 is 5.91 Å². The third-order valence-corrected chi connectivity index (χ3v) is 9.23. The fourth-order valence-corrected chi connectivity index (χ4v) is 6.58. The minimum absolute atomic E-state index is 0.00163. The van der Waals surface area contributed by atoms with Gasteiger partial charge in [0, 0.05) is 16.3 Å². The summed E-state index contributed by atoms with van der Waals surface area (Å²) in [6, 6.07) is 21.2. The molecule has 5 rings (SSSR count). The first-order chi connectivity index (χ1) is 20.1. The lowest BCUT2D eigenvalue weighted by Gasteiger charge is -2.24. The number of hydrogen-bond donors (Lipinski definition) is 1. The Morgan fingerprint density at radius 1 is 1.00 bits per heavy atom. The van der Waals surface area contributed by atoms with Gasteiger partial charge < -0.3 is 9.84 Å². The largest absolute Gasteiger partial charge is 0.507 e. The summed E-state index contributed by atoms with van der Waals surface area (Å²) in [4.78, 5) is 28.4. The van der Waals surface area contributed by atoms with Crippen molar-refractivity contribution in [3.05, 3.63) is 106 Å². The lowest BCUT2D eigenvalue weighted by Crippen LogP contribution is -2.29. The van der Waals surface area contributed by atoms with Crippen LogP contribution in [0, 0.1) is 0 Å². The number of carbonyl (C=O) groups excluding carboxylic acids is 2. The summed E-state index contributed by atoms with van der Waals surface area (Å²) in [6.07, 6.45) is 0. The van der Waals surface area contributed by atoms with E-state index in [2.05, 4.69) is 31.0 Å². The van der Waals surface area contributed by atoms with E-state index in [0.29, 0.717) is 38.6 Å². The molecule has 10 heteroatoms. The van der Waals surface area contributed by atoms with Crippen LogP contribution >= 0.6 is 34.7 Å². The molecular formula is C32H30ClN3O4S2. The third-order valence-electron chi connectivity index (χ3n) is 6.85. The number of aliphatic hydroxyl groups is 1. The van der Waals surface area contributed by atoms with Crippen molar-refractivity contribution in [2.75, 3.05) is 11.5 Å². The second kappa shape index (κ2) is 12.3. The van der Waals surface area contributed by atoms with Crippen LogP contribution in [-0.4, -0.2) is 33.6 Å². The number of nitrogens with zero attached hydrogens (tertiary/aromatic N) is 3. The lowest BCUT2D eigenvalue weighted by atomic mass is 9.85. The van der Waals surface area contributed by atoms with E-state index in [9.17, 15) is 14.7 Å². The average Bonchev–Trinajstić information content (AvgIpc) is 3.54. The van der Waals surface area contributed by atoms with Gasteiger partial charge in [-0.3, -0.25) is 14.5 Å². The minimum atomic E-state index is -0.882. The van der Waals surface area contributed by atoms with Crippen LogP contribution in [0.2, 0.25) is 5.02 Å². The summed E-state index contributed by atoms with van der Waals surface area (Å²) in [5.74, 6) is -0.526. The number of amides is 1. The van der Waals surface area contributed by atoms with Gasteiger partial charge in [-0.1, -0.05) is 91.9 Å². The number of ether oxygens (including phenoxy) is 1. The maximum absolute atomic E-state index is 13.6. The monoisotopic (exact) mass is 619 g/mol. The van der Waals surface area contributed by atoms with Crippen molar-refractivity contribution < 1.29 is 19.4 Å². The van der Waals surface area contributed by atoms with E-state index in [1.54, 1.807) is 24.3 Å². The number of ketones is 1. The first-order valence-electron chi connectivity index (χ1n) is 13.4. The summed E-state index contributed by atoms with van der Waals surface area (Å²) in [5.41, 5.74) is 3.17. The molecule has 1 amide bonds. The number of aromatic nitrogens is 2. The number of benzene rings is 3. The number of carbonyl (C=O) groups is 2. The zero-order chi connectivity index (χ0) is 30.0. The highest BCUT2D eigenvalue weighted by Crippen LogP contribution is 2.44. The number of rotatable bonds is 8. The number of hydrogen-bond acceptors (Lipinski definition) is 8. The molecule has 42 heavy (non-hydrogen) atoms. The van der Waals surface area contributed by atoms with E-state index in [0.717, 1.165) is 11.1 Å². The fourth-order valence-electron chi connectivity index (χ4n) is 4.63. The minimum Gasteiger partial charge on any atom is -0.507 e. The van der Waals surface area contributed by atoms with Crippen molar-refractivity contribution in [3.8, 4) is 5.75 Å². The summed E-state index contributed by atoms with van der Waals surface area (Å²) >= 11 is 8.70.